The Kier molecular flexibility index (Phi) is 5.71. The van der Waals surface area contributed by atoms with Crippen LogP contribution in [0.5, 0.6) is 0 Å². The van der Waals surface area contributed by atoms with Crippen molar-refractivity contribution in [3.63, 3.8) is 0 Å². The van der Waals surface area contributed by atoms with Gasteiger partial charge in [0.2, 0.25) is 15.9 Å². The Bertz CT molecular complexity index is 623. The first-order chi connectivity index (χ1) is 9.98. The minimum absolute atomic E-state index is 0.0274. The Labute approximate surface area is 131 Å². The van der Waals surface area contributed by atoms with Gasteiger partial charge in [0, 0.05) is 26.8 Å². The van der Waals surface area contributed by atoms with Gasteiger partial charge in [-0.15, -0.1) is 0 Å². The Morgan fingerprint density at radius 3 is 2.59 bits per heavy atom. The van der Waals surface area contributed by atoms with Gasteiger partial charge in [-0.25, -0.2) is 8.42 Å². The number of aromatic nitrogens is 2. The van der Waals surface area contributed by atoms with Gasteiger partial charge in [0.1, 0.15) is 4.90 Å². The predicted molar refractivity (Wildman–Crippen MR) is 83.5 cm³/mol. The highest BCUT2D eigenvalue weighted by Gasteiger charge is 2.27. The molecule has 1 aromatic rings. The Hall–Kier alpha value is -1.45. The van der Waals surface area contributed by atoms with Gasteiger partial charge in [-0.05, 0) is 18.9 Å². The van der Waals surface area contributed by atoms with Gasteiger partial charge in [0.15, 0.2) is 0 Å². The number of nitrogens with zero attached hydrogens (tertiary/aromatic N) is 3. The summed E-state index contributed by atoms with van der Waals surface area (Å²) in [5.74, 6) is -0.311. The van der Waals surface area contributed by atoms with Crippen LogP contribution >= 0.6 is 0 Å². The van der Waals surface area contributed by atoms with Gasteiger partial charge < -0.3 is 10.6 Å². The molecule has 1 aromatic heterocycles. The summed E-state index contributed by atoms with van der Waals surface area (Å²) in [5, 5.41) is 3.82. The molecular weight excluding hydrogens is 306 g/mol. The van der Waals surface area contributed by atoms with E-state index < -0.39 is 16.1 Å². The first kappa shape index (κ1) is 18.6. The molecule has 0 aromatic carbocycles. The van der Waals surface area contributed by atoms with E-state index in [0.29, 0.717) is 13.1 Å². The average molecular weight is 331 g/mol. The minimum atomic E-state index is -3.77. The highest BCUT2D eigenvalue weighted by molar-refractivity contribution is 7.89. The quantitative estimate of drug-likeness (QED) is 0.702. The number of carbonyl (C=O) groups excluding carboxylic acids is 1. The molecule has 8 nitrogen and oxygen atoms in total. The fourth-order valence-electron chi connectivity index (χ4n) is 2.00. The van der Waals surface area contributed by atoms with Crippen LogP contribution < -0.4 is 10.5 Å². The number of amides is 1. The van der Waals surface area contributed by atoms with Crippen molar-refractivity contribution in [3.05, 3.63) is 12.4 Å². The van der Waals surface area contributed by atoms with Gasteiger partial charge in [0.25, 0.3) is 0 Å². The molecule has 9 heteroatoms. The van der Waals surface area contributed by atoms with Crippen LogP contribution in [-0.4, -0.2) is 55.2 Å². The summed E-state index contributed by atoms with van der Waals surface area (Å²) in [6.07, 6.45) is 2.61. The smallest absolute Gasteiger partial charge is 0.244 e. The van der Waals surface area contributed by atoms with Crippen molar-refractivity contribution < 1.29 is 13.2 Å². The predicted octanol–water partition coefficient (Wildman–Crippen LogP) is -0.470. The number of carbonyl (C=O) groups is 1. The van der Waals surface area contributed by atoms with Crippen molar-refractivity contribution in [2.75, 3.05) is 20.1 Å². The third-order valence-corrected chi connectivity index (χ3v) is 4.78. The van der Waals surface area contributed by atoms with E-state index in [9.17, 15) is 13.2 Å². The summed E-state index contributed by atoms with van der Waals surface area (Å²) in [6.45, 7) is 6.28. The van der Waals surface area contributed by atoms with E-state index in [1.807, 2.05) is 13.8 Å². The summed E-state index contributed by atoms with van der Waals surface area (Å²) in [4.78, 5) is 13.8. The normalized spacial score (nSPS) is 13.9. The molecule has 22 heavy (non-hydrogen) atoms. The lowest BCUT2D eigenvalue weighted by atomic mass is 9.93. The summed E-state index contributed by atoms with van der Waals surface area (Å²) in [5.41, 5.74) is 5.42. The van der Waals surface area contributed by atoms with Crippen molar-refractivity contribution in [2.45, 2.75) is 31.7 Å². The van der Waals surface area contributed by atoms with E-state index in [1.54, 1.807) is 14.1 Å². The van der Waals surface area contributed by atoms with Crippen LogP contribution in [0.3, 0.4) is 0 Å². The number of rotatable bonds is 7. The minimum Gasteiger partial charge on any atom is -0.344 e. The molecule has 0 aliphatic heterocycles. The molecule has 0 bridgehead atoms. The maximum absolute atomic E-state index is 12.3. The second-order valence-corrected chi connectivity index (χ2v) is 7.97. The number of likely N-dealkylation sites (N-methyl/N-ethyl adjacent to an activating group) is 1. The molecule has 1 rings (SSSR count). The number of aryl methyl sites for hydroxylation is 1. The first-order valence-corrected chi connectivity index (χ1v) is 8.43. The molecule has 0 aliphatic carbocycles. The maximum Gasteiger partial charge on any atom is 0.244 e. The Balaban J connectivity index is 2.75. The molecule has 1 unspecified atom stereocenters. The highest BCUT2D eigenvalue weighted by atomic mass is 32.2. The van der Waals surface area contributed by atoms with E-state index in [4.69, 9.17) is 5.73 Å². The second-order valence-electron chi connectivity index (χ2n) is 6.26. The largest absolute Gasteiger partial charge is 0.344 e. The molecule has 0 saturated heterocycles. The monoisotopic (exact) mass is 331 g/mol. The lowest BCUT2D eigenvalue weighted by Crippen LogP contribution is -2.48. The molecule has 1 atom stereocenters. The van der Waals surface area contributed by atoms with Crippen molar-refractivity contribution in [1.29, 1.82) is 0 Å². The van der Waals surface area contributed by atoms with E-state index >= 15 is 0 Å². The molecule has 3 N–H and O–H groups in total. The Morgan fingerprint density at radius 2 is 2.14 bits per heavy atom. The SMILES string of the molecule is CC(NS(=O)(=O)c1cnn(C)c1)C(=O)N(C)CC(C)(C)CN. The van der Waals surface area contributed by atoms with Crippen LogP contribution in [0.4, 0.5) is 0 Å². The fourth-order valence-corrected chi connectivity index (χ4v) is 3.18. The van der Waals surface area contributed by atoms with Crippen LogP contribution in [-0.2, 0) is 21.9 Å². The van der Waals surface area contributed by atoms with Crippen LogP contribution in [0.15, 0.2) is 17.3 Å². The first-order valence-electron chi connectivity index (χ1n) is 6.94. The number of nitrogens with one attached hydrogen (secondary N) is 1. The van der Waals surface area contributed by atoms with E-state index in [-0.39, 0.29) is 16.2 Å². The van der Waals surface area contributed by atoms with Crippen molar-refractivity contribution >= 4 is 15.9 Å². The van der Waals surface area contributed by atoms with Crippen LogP contribution in [0, 0.1) is 5.41 Å². The number of sulfonamides is 1. The molecule has 0 aliphatic rings. The molecule has 1 heterocycles. The molecule has 0 spiro atoms. The topological polar surface area (TPSA) is 110 Å². The highest BCUT2D eigenvalue weighted by Crippen LogP contribution is 2.15. The third-order valence-electron chi connectivity index (χ3n) is 3.29. The molecule has 0 saturated carbocycles. The van der Waals surface area contributed by atoms with Gasteiger partial charge in [-0.1, -0.05) is 13.8 Å². The van der Waals surface area contributed by atoms with Crippen LogP contribution in [0.2, 0.25) is 0 Å². The van der Waals surface area contributed by atoms with Gasteiger partial charge in [-0.2, -0.15) is 9.82 Å². The van der Waals surface area contributed by atoms with Crippen molar-refractivity contribution in [3.8, 4) is 0 Å². The zero-order valence-corrected chi connectivity index (χ0v) is 14.5. The number of nitrogens with two attached hydrogens (primary N) is 1. The summed E-state index contributed by atoms with van der Waals surface area (Å²) < 4.78 is 28.1. The summed E-state index contributed by atoms with van der Waals surface area (Å²) in [6, 6.07) is -0.871. The standard InChI is InChI=1S/C13H25N5O3S/c1-10(12(19)17(4)9-13(2,3)8-14)16-22(20,21)11-6-15-18(5)7-11/h6-7,10,16H,8-9,14H2,1-5H3. The molecule has 0 fully saturated rings. The molecular formula is C13H25N5O3S. The van der Waals surface area contributed by atoms with Crippen LogP contribution in [0.25, 0.3) is 0 Å². The van der Waals surface area contributed by atoms with Gasteiger partial charge in [-0.3, -0.25) is 9.48 Å². The zero-order valence-electron chi connectivity index (χ0n) is 13.7. The van der Waals surface area contributed by atoms with Crippen molar-refractivity contribution in [2.24, 2.45) is 18.2 Å². The van der Waals surface area contributed by atoms with Crippen LogP contribution in [0.1, 0.15) is 20.8 Å². The lowest BCUT2D eigenvalue weighted by molar-refractivity contribution is -0.132. The second kappa shape index (κ2) is 6.76. The number of hydrogen-bond donors (Lipinski definition) is 2. The summed E-state index contributed by atoms with van der Waals surface area (Å²) >= 11 is 0. The molecule has 0 radical (unpaired) electrons. The molecule has 126 valence electrons. The maximum atomic E-state index is 12.3. The fraction of sp³-hybridized carbons (Fsp3) is 0.692. The Morgan fingerprint density at radius 1 is 1.55 bits per heavy atom. The number of hydrogen-bond acceptors (Lipinski definition) is 5. The summed E-state index contributed by atoms with van der Waals surface area (Å²) in [7, 11) is -0.517. The zero-order chi connectivity index (χ0) is 17.1. The molecule has 1 amide bonds. The lowest BCUT2D eigenvalue weighted by Gasteiger charge is -2.30. The van der Waals surface area contributed by atoms with E-state index in [2.05, 4.69) is 9.82 Å². The van der Waals surface area contributed by atoms with E-state index in [1.165, 1.54) is 28.9 Å². The average Bonchev–Trinajstić information content (AvgIpc) is 2.84. The van der Waals surface area contributed by atoms with Gasteiger partial charge >= 0.3 is 0 Å². The van der Waals surface area contributed by atoms with E-state index in [0.717, 1.165) is 0 Å². The third kappa shape index (κ3) is 4.79. The van der Waals surface area contributed by atoms with Crippen molar-refractivity contribution in [1.82, 2.24) is 19.4 Å². The van der Waals surface area contributed by atoms with Gasteiger partial charge in [0.05, 0.1) is 12.2 Å².